The summed E-state index contributed by atoms with van der Waals surface area (Å²) in [6.45, 7) is 8.28. The predicted molar refractivity (Wildman–Crippen MR) is 161 cm³/mol. The lowest BCUT2D eigenvalue weighted by atomic mass is 10.1. The Kier molecular flexibility index (Phi) is 9.34. The Morgan fingerprint density at radius 3 is 2.49 bits per heavy atom. The highest BCUT2D eigenvalue weighted by Crippen LogP contribution is 2.42. The molecule has 5 rings (SSSR count). The number of imide groups is 1. The lowest BCUT2D eigenvalue weighted by Gasteiger charge is -2.10. The van der Waals surface area contributed by atoms with Crippen molar-refractivity contribution in [3.63, 3.8) is 0 Å². The number of rotatable bonds is 11. The van der Waals surface area contributed by atoms with Crippen LogP contribution in [-0.2, 0) is 9.59 Å². The van der Waals surface area contributed by atoms with Crippen LogP contribution in [0.3, 0.4) is 0 Å². The van der Waals surface area contributed by atoms with Gasteiger partial charge >= 0.3 is 0 Å². The Bertz CT molecular complexity index is 1510. The van der Waals surface area contributed by atoms with Crippen LogP contribution in [0.1, 0.15) is 32.3 Å². The molecule has 0 unspecified atom stereocenters. The first-order valence-electron chi connectivity index (χ1n) is 12.6. The number of aromatic nitrogens is 2. The number of aryl methyl sites for hydroxylation is 1. The average Bonchev–Trinajstić information content (AvgIpc) is 3.62. The SMILES string of the molecule is CCCCNCCOc1ccc(-c2sc3nc(-c4cccs4)nc(NC4=C(C)C(=O)NC4=O)c3c2C)cc1.Cl. The van der Waals surface area contributed by atoms with E-state index in [2.05, 4.69) is 22.9 Å². The van der Waals surface area contributed by atoms with E-state index in [4.69, 9.17) is 14.7 Å². The average molecular weight is 584 g/mol. The molecular weight excluding hydrogens is 554 g/mol. The van der Waals surface area contributed by atoms with Crippen LogP contribution in [0.5, 0.6) is 5.75 Å². The van der Waals surface area contributed by atoms with Gasteiger partial charge in [0, 0.05) is 17.0 Å². The quantitative estimate of drug-likeness (QED) is 0.148. The Morgan fingerprint density at radius 1 is 1.03 bits per heavy atom. The molecule has 0 atom stereocenters. The van der Waals surface area contributed by atoms with E-state index in [-0.39, 0.29) is 18.1 Å². The van der Waals surface area contributed by atoms with Gasteiger partial charge < -0.3 is 15.4 Å². The molecule has 0 saturated carbocycles. The van der Waals surface area contributed by atoms with E-state index < -0.39 is 11.8 Å². The van der Waals surface area contributed by atoms with Crippen LogP contribution in [0.2, 0.25) is 0 Å². The minimum atomic E-state index is -0.457. The van der Waals surface area contributed by atoms with Gasteiger partial charge in [0.1, 0.15) is 28.7 Å². The number of hydrogen-bond acceptors (Lipinski definition) is 9. The molecule has 204 valence electrons. The molecule has 0 aliphatic carbocycles. The Hall–Kier alpha value is -3.31. The number of fused-ring (bicyclic) bond motifs is 1. The van der Waals surface area contributed by atoms with Crippen molar-refractivity contribution in [1.29, 1.82) is 0 Å². The fraction of sp³-hybridized carbons (Fsp3) is 0.286. The van der Waals surface area contributed by atoms with E-state index in [0.717, 1.165) is 49.9 Å². The summed E-state index contributed by atoms with van der Waals surface area (Å²) in [6.07, 6.45) is 2.35. The Labute approximate surface area is 241 Å². The molecule has 1 aliphatic rings. The molecule has 1 aliphatic heterocycles. The van der Waals surface area contributed by atoms with Crippen molar-refractivity contribution < 1.29 is 14.3 Å². The first kappa shape index (κ1) is 28.7. The fourth-order valence-corrected chi connectivity index (χ4v) is 6.05. The molecule has 39 heavy (non-hydrogen) atoms. The maximum atomic E-state index is 12.4. The largest absolute Gasteiger partial charge is 0.492 e. The predicted octanol–water partition coefficient (Wildman–Crippen LogP) is 5.93. The second-order valence-electron chi connectivity index (χ2n) is 8.99. The molecule has 0 spiro atoms. The van der Waals surface area contributed by atoms with E-state index in [1.54, 1.807) is 29.6 Å². The summed E-state index contributed by atoms with van der Waals surface area (Å²) in [4.78, 5) is 36.9. The zero-order valence-electron chi connectivity index (χ0n) is 21.9. The lowest BCUT2D eigenvalue weighted by molar-refractivity contribution is -0.124. The van der Waals surface area contributed by atoms with Crippen LogP contribution in [0, 0.1) is 6.92 Å². The van der Waals surface area contributed by atoms with Gasteiger partial charge in [-0.3, -0.25) is 14.9 Å². The van der Waals surface area contributed by atoms with Gasteiger partial charge in [0.15, 0.2) is 5.82 Å². The number of ether oxygens (including phenoxy) is 1. The molecule has 4 heterocycles. The minimum absolute atomic E-state index is 0. The van der Waals surface area contributed by atoms with Crippen LogP contribution in [0.4, 0.5) is 5.82 Å². The van der Waals surface area contributed by atoms with Crippen LogP contribution in [-0.4, -0.2) is 41.5 Å². The maximum Gasteiger partial charge on any atom is 0.275 e. The molecule has 8 nitrogen and oxygen atoms in total. The van der Waals surface area contributed by atoms with Gasteiger partial charge in [-0.15, -0.1) is 35.1 Å². The number of nitrogens with zero attached hydrogens (tertiary/aromatic N) is 2. The molecule has 0 bridgehead atoms. The number of nitrogens with one attached hydrogen (secondary N) is 3. The summed E-state index contributed by atoms with van der Waals surface area (Å²) in [5.41, 5.74) is 2.60. The van der Waals surface area contributed by atoms with Crippen LogP contribution < -0.4 is 20.7 Å². The monoisotopic (exact) mass is 583 g/mol. The molecule has 3 N–H and O–H groups in total. The molecule has 0 radical (unpaired) electrons. The highest BCUT2D eigenvalue weighted by Gasteiger charge is 2.29. The van der Waals surface area contributed by atoms with E-state index in [0.29, 0.717) is 23.8 Å². The summed E-state index contributed by atoms with van der Waals surface area (Å²) in [5, 5.41) is 11.7. The number of unbranched alkanes of at least 4 members (excludes halogenated alkanes) is 1. The van der Waals surface area contributed by atoms with Gasteiger partial charge in [0.2, 0.25) is 0 Å². The molecule has 3 aromatic heterocycles. The maximum absolute atomic E-state index is 12.4. The molecule has 0 fully saturated rings. The Morgan fingerprint density at radius 2 is 1.82 bits per heavy atom. The molecule has 1 aromatic carbocycles. The first-order valence-corrected chi connectivity index (χ1v) is 14.3. The number of anilines is 1. The van der Waals surface area contributed by atoms with Gasteiger partial charge in [-0.25, -0.2) is 9.97 Å². The number of carbonyl (C=O) groups is 2. The van der Waals surface area contributed by atoms with Crippen molar-refractivity contribution in [1.82, 2.24) is 20.6 Å². The molecule has 4 aromatic rings. The van der Waals surface area contributed by atoms with Crippen molar-refractivity contribution in [3.8, 4) is 26.9 Å². The van der Waals surface area contributed by atoms with Crippen molar-refractivity contribution in [2.75, 3.05) is 25.0 Å². The van der Waals surface area contributed by atoms with E-state index in [9.17, 15) is 9.59 Å². The fourth-order valence-electron chi connectivity index (χ4n) is 4.20. The molecule has 2 amide bonds. The van der Waals surface area contributed by atoms with E-state index >= 15 is 0 Å². The normalized spacial score (nSPS) is 13.1. The zero-order valence-corrected chi connectivity index (χ0v) is 24.4. The van der Waals surface area contributed by atoms with Gasteiger partial charge in [-0.1, -0.05) is 19.4 Å². The van der Waals surface area contributed by atoms with Gasteiger partial charge in [-0.2, -0.15) is 0 Å². The van der Waals surface area contributed by atoms with Crippen LogP contribution in [0.25, 0.3) is 31.4 Å². The smallest absolute Gasteiger partial charge is 0.275 e. The lowest BCUT2D eigenvalue weighted by Crippen LogP contribution is -2.24. The second-order valence-corrected chi connectivity index (χ2v) is 10.9. The van der Waals surface area contributed by atoms with Crippen molar-refractivity contribution >= 4 is 62.9 Å². The zero-order chi connectivity index (χ0) is 26.6. The first-order chi connectivity index (χ1) is 18.5. The topological polar surface area (TPSA) is 105 Å². The molecule has 0 saturated heterocycles. The third kappa shape index (κ3) is 6.14. The number of benzene rings is 1. The van der Waals surface area contributed by atoms with E-state index in [1.165, 1.54) is 12.8 Å². The van der Waals surface area contributed by atoms with Gasteiger partial charge in [0.05, 0.1) is 10.3 Å². The summed E-state index contributed by atoms with van der Waals surface area (Å²) >= 11 is 3.12. The third-order valence-electron chi connectivity index (χ3n) is 6.32. The highest BCUT2D eigenvalue weighted by molar-refractivity contribution is 7.22. The summed E-state index contributed by atoms with van der Waals surface area (Å²) in [7, 11) is 0. The number of halogens is 1. The number of carbonyl (C=O) groups excluding carboxylic acids is 2. The molecule has 11 heteroatoms. The molecular formula is C28H30ClN5O3S2. The van der Waals surface area contributed by atoms with Crippen molar-refractivity contribution in [3.05, 3.63) is 58.6 Å². The standard InChI is InChI=1S/C28H29N5O3S2.ClH/c1-4-5-12-29-13-14-36-19-10-8-18(9-11-19)23-16(2)21-25(30-22-17(3)26(34)33-27(22)35)31-24(32-28(21)38-23)20-7-6-15-37-20;/h6-11,15,29H,4-5,12-14H2,1-3H3,(H2,30,31,32,33,34,35);1H. The third-order valence-corrected chi connectivity index (χ3v) is 8.42. The van der Waals surface area contributed by atoms with Crippen LogP contribution >= 0.6 is 35.1 Å². The number of hydrogen-bond donors (Lipinski definition) is 3. The Balaban J connectivity index is 0.00000353. The summed E-state index contributed by atoms with van der Waals surface area (Å²) in [6, 6.07) is 12.0. The van der Waals surface area contributed by atoms with E-state index in [1.807, 2.05) is 48.7 Å². The van der Waals surface area contributed by atoms with Gasteiger partial charge in [-0.05, 0) is 73.7 Å². The minimum Gasteiger partial charge on any atom is -0.492 e. The summed E-state index contributed by atoms with van der Waals surface area (Å²) < 4.78 is 5.88. The van der Waals surface area contributed by atoms with Crippen molar-refractivity contribution in [2.45, 2.75) is 33.6 Å². The summed E-state index contributed by atoms with van der Waals surface area (Å²) in [5.74, 6) is 1.05. The van der Waals surface area contributed by atoms with Crippen molar-refractivity contribution in [2.24, 2.45) is 0 Å². The highest BCUT2D eigenvalue weighted by atomic mass is 35.5. The number of amides is 2. The van der Waals surface area contributed by atoms with Crippen LogP contribution in [0.15, 0.2) is 53.0 Å². The van der Waals surface area contributed by atoms with Gasteiger partial charge in [0.25, 0.3) is 11.8 Å². The second kappa shape index (κ2) is 12.7. The number of thiophene rings is 2.